The summed E-state index contributed by atoms with van der Waals surface area (Å²) in [5.74, 6) is -1.38. The van der Waals surface area contributed by atoms with E-state index in [1.165, 1.54) is 23.8 Å². The fraction of sp³-hybridized carbons (Fsp3) is 0.333. The van der Waals surface area contributed by atoms with E-state index in [1.807, 2.05) is 0 Å². The quantitative estimate of drug-likeness (QED) is 0.789. The van der Waals surface area contributed by atoms with Crippen molar-refractivity contribution in [3.8, 4) is 0 Å². The summed E-state index contributed by atoms with van der Waals surface area (Å²) in [6.45, 7) is 0.205. The Labute approximate surface area is 114 Å². The SMILES string of the molecule is Cn1cncc1C(=O)N1Cc2[nH]cnc2CC1C(=O)O. The van der Waals surface area contributed by atoms with Crippen molar-refractivity contribution < 1.29 is 14.7 Å². The average Bonchev–Trinajstić information content (AvgIpc) is 3.04. The number of rotatable bonds is 2. The summed E-state index contributed by atoms with van der Waals surface area (Å²) in [4.78, 5) is 36.2. The van der Waals surface area contributed by atoms with Crippen LogP contribution in [-0.2, 0) is 24.8 Å². The van der Waals surface area contributed by atoms with Gasteiger partial charge in [0, 0.05) is 13.5 Å². The van der Waals surface area contributed by atoms with Gasteiger partial charge in [-0.25, -0.2) is 14.8 Å². The molecular formula is C12H13N5O3. The third-order valence-electron chi connectivity index (χ3n) is 3.48. The number of imidazole rings is 2. The van der Waals surface area contributed by atoms with Crippen molar-refractivity contribution >= 4 is 11.9 Å². The standard InChI is InChI=1S/C12H13N5O3/c1-16-6-13-3-10(16)11(18)17-4-8-7(14-5-15-8)2-9(17)12(19)20/h3,5-6,9H,2,4H2,1H3,(H,14,15)(H,19,20). The van der Waals surface area contributed by atoms with Crippen LogP contribution in [0, 0.1) is 0 Å². The molecule has 20 heavy (non-hydrogen) atoms. The predicted octanol–water partition coefficient (Wildman–Crippen LogP) is -0.205. The van der Waals surface area contributed by atoms with Crippen molar-refractivity contribution in [2.24, 2.45) is 7.05 Å². The Balaban J connectivity index is 1.96. The van der Waals surface area contributed by atoms with Gasteiger partial charge in [0.05, 0.1) is 36.8 Å². The molecule has 0 saturated carbocycles. The normalized spacial score (nSPS) is 17.9. The molecule has 3 heterocycles. The summed E-state index contributed by atoms with van der Waals surface area (Å²) in [6, 6.07) is -0.909. The van der Waals surface area contributed by atoms with E-state index in [2.05, 4.69) is 15.0 Å². The summed E-state index contributed by atoms with van der Waals surface area (Å²) < 4.78 is 1.57. The molecule has 104 valence electrons. The molecule has 0 aliphatic carbocycles. The van der Waals surface area contributed by atoms with Crippen LogP contribution in [0.25, 0.3) is 0 Å². The number of nitrogens with zero attached hydrogens (tertiary/aromatic N) is 4. The fourth-order valence-electron chi connectivity index (χ4n) is 2.38. The van der Waals surface area contributed by atoms with Crippen LogP contribution in [0.4, 0.5) is 0 Å². The first-order chi connectivity index (χ1) is 9.58. The molecule has 0 saturated heterocycles. The van der Waals surface area contributed by atoms with E-state index in [1.54, 1.807) is 11.6 Å². The summed E-state index contributed by atoms with van der Waals surface area (Å²) in [5.41, 5.74) is 1.84. The highest BCUT2D eigenvalue weighted by atomic mass is 16.4. The van der Waals surface area contributed by atoms with Crippen LogP contribution in [0.2, 0.25) is 0 Å². The number of aliphatic carboxylic acids is 1. The van der Waals surface area contributed by atoms with Gasteiger partial charge in [0.2, 0.25) is 0 Å². The van der Waals surface area contributed by atoms with E-state index in [0.29, 0.717) is 11.4 Å². The van der Waals surface area contributed by atoms with Crippen molar-refractivity contribution in [3.63, 3.8) is 0 Å². The number of amides is 1. The summed E-state index contributed by atoms with van der Waals surface area (Å²) in [6.07, 6.45) is 4.66. The van der Waals surface area contributed by atoms with Gasteiger partial charge in [-0.2, -0.15) is 0 Å². The molecule has 0 aromatic carbocycles. The minimum atomic E-state index is -1.03. The van der Waals surface area contributed by atoms with Gasteiger partial charge in [-0.05, 0) is 0 Å². The molecule has 2 aromatic rings. The Morgan fingerprint density at radius 3 is 2.95 bits per heavy atom. The summed E-state index contributed by atoms with van der Waals surface area (Å²) in [5, 5.41) is 9.33. The van der Waals surface area contributed by atoms with Crippen LogP contribution in [0.5, 0.6) is 0 Å². The highest BCUT2D eigenvalue weighted by Crippen LogP contribution is 2.22. The molecule has 1 aliphatic rings. The second kappa shape index (κ2) is 4.48. The molecule has 1 unspecified atom stereocenters. The molecule has 3 rings (SSSR count). The molecule has 0 radical (unpaired) electrons. The number of hydrogen-bond donors (Lipinski definition) is 2. The Hall–Kier alpha value is -2.64. The van der Waals surface area contributed by atoms with Crippen LogP contribution in [-0.4, -0.2) is 47.4 Å². The molecule has 8 heteroatoms. The highest BCUT2D eigenvalue weighted by Gasteiger charge is 2.37. The van der Waals surface area contributed by atoms with Gasteiger partial charge in [0.1, 0.15) is 11.7 Å². The molecule has 0 fully saturated rings. The number of nitrogens with one attached hydrogen (secondary N) is 1. The number of carbonyl (C=O) groups excluding carboxylic acids is 1. The third-order valence-corrected chi connectivity index (χ3v) is 3.48. The largest absolute Gasteiger partial charge is 0.480 e. The van der Waals surface area contributed by atoms with E-state index in [-0.39, 0.29) is 18.9 Å². The molecule has 1 atom stereocenters. The monoisotopic (exact) mass is 275 g/mol. The molecule has 2 N–H and O–H groups in total. The Morgan fingerprint density at radius 1 is 1.50 bits per heavy atom. The first kappa shape index (κ1) is 12.4. The van der Waals surface area contributed by atoms with E-state index in [0.717, 1.165) is 5.69 Å². The number of hydrogen-bond acceptors (Lipinski definition) is 4. The number of aryl methyl sites for hydroxylation is 1. The van der Waals surface area contributed by atoms with E-state index >= 15 is 0 Å². The van der Waals surface area contributed by atoms with Crippen molar-refractivity contribution in [1.82, 2.24) is 24.4 Å². The summed E-state index contributed by atoms with van der Waals surface area (Å²) in [7, 11) is 1.70. The van der Waals surface area contributed by atoms with Crippen LogP contribution < -0.4 is 0 Å². The van der Waals surface area contributed by atoms with E-state index in [4.69, 9.17) is 0 Å². The second-order valence-electron chi connectivity index (χ2n) is 4.71. The lowest BCUT2D eigenvalue weighted by Crippen LogP contribution is -2.49. The van der Waals surface area contributed by atoms with E-state index in [9.17, 15) is 14.7 Å². The lowest BCUT2D eigenvalue weighted by atomic mass is 10.0. The van der Waals surface area contributed by atoms with Crippen LogP contribution in [0.3, 0.4) is 0 Å². The van der Waals surface area contributed by atoms with Gasteiger partial charge < -0.3 is 19.6 Å². The minimum Gasteiger partial charge on any atom is -0.480 e. The first-order valence-corrected chi connectivity index (χ1v) is 6.09. The van der Waals surface area contributed by atoms with Crippen molar-refractivity contribution in [2.75, 3.05) is 0 Å². The van der Waals surface area contributed by atoms with Crippen LogP contribution in [0.15, 0.2) is 18.9 Å². The molecule has 1 aliphatic heterocycles. The van der Waals surface area contributed by atoms with Gasteiger partial charge >= 0.3 is 5.97 Å². The Morgan fingerprint density at radius 2 is 2.30 bits per heavy atom. The zero-order valence-corrected chi connectivity index (χ0v) is 10.8. The van der Waals surface area contributed by atoms with Gasteiger partial charge in [0.25, 0.3) is 5.91 Å². The molecule has 1 amide bonds. The van der Waals surface area contributed by atoms with Crippen molar-refractivity contribution in [2.45, 2.75) is 19.0 Å². The Bertz CT molecular complexity index is 674. The molecule has 2 aromatic heterocycles. The topological polar surface area (TPSA) is 104 Å². The van der Waals surface area contributed by atoms with Crippen LogP contribution in [0.1, 0.15) is 21.9 Å². The fourth-order valence-corrected chi connectivity index (χ4v) is 2.38. The lowest BCUT2D eigenvalue weighted by molar-refractivity contribution is -0.142. The maximum absolute atomic E-state index is 12.5. The van der Waals surface area contributed by atoms with Crippen molar-refractivity contribution in [1.29, 1.82) is 0 Å². The maximum atomic E-state index is 12.5. The average molecular weight is 275 g/mol. The predicted molar refractivity (Wildman–Crippen MR) is 66.8 cm³/mol. The second-order valence-corrected chi connectivity index (χ2v) is 4.71. The number of carboxylic acids is 1. The first-order valence-electron chi connectivity index (χ1n) is 6.09. The number of fused-ring (bicyclic) bond motifs is 1. The lowest BCUT2D eigenvalue weighted by Gasteiger charge is -2.32. The molecule has 0 bridgehead atoms. The Kier molecular flexibility index (Phi) is 2.78. The molecule has 0 spiro atoms. The number of H-pyrrole nitrogens is 1. The van der Waals surface area contributed by atoms with E-state index < -0.39 is 12.0 Å². The number of carboxylic acid groups (broad SMARTS) is 1. The molecule has 8 nitrogen and oxygen atoms in total. The minimum absolute atomic E-state index is 0.205. The highest BCUT2D eigenvalue weighted by molar-refractivity contribution is 5.95. The van der Waals surface area contributed by atoms with Crippen LogP contribution >= 0.6 is 0 Å². The van der Waals surface area contributed by atoms with Gasteiger partial charge in [-0.3, -0.25) is 4.79 Å². The number of carbonyl (C=O) groups is 2. The van der Waals surface area contributed by atoms with Gasteiger partial charge in [-0.15, -0.1) is 0 Å². The maximum Gasteiger partial charge on any atom is 0.326 e. The van der Waals surface area contributed by atoms with Gasteiger partial charge in [-0.1, -0.05) is 0 Å². The van der Waals surface area contributed by atoms with Crippen molar-refractivity contribution in [3.05, 3.63) is 35.9 Å². The number of aromatic amines is 1. The number of aromatic nitrogens is 4. The summed E-state index contributed by atoms with van der Waals surface area (Å²) >= 11 is 0. The van der Waals surface area contributed by atoms with Gasteiger partial charge in [0.15, 0.2) is 0 Å². The molecular weight excluding hydrogens is 262 g/mol. The zero-order valence-electron chi connectivity index (χ0n) is 10.8. The smallest absolute Gasteiger partial charge is 0.326 e. The third kappa shape index (κ3) is 1.85. The zero-order chi connectivity index (χ0) is 14.3.